The molecule has 0 unspecified atom stereocenters. The smallest absolute Gasteiger partial charge is 0.264 e. The van der Waals surface area contributed by atoms with Gasteiger partial charge >= 0.3 is 0 Å². The predicted molar refractivity (Wildman–Crippen MR) is 87.6 cm³/mol. The molecule has 0 N–H and O–H groups in total. The van der Waals surface area contributed by atoms with E-state index in [4.69, 9.17) is 20.4 Å². The molecule has 2 heterocycles. The lowest BCUT2D eigenvalue weighted by Crippen LogP contribution is -1.95. The van der Waals surface area contributed by atoms with Crippen LogP contribution in [0.25, 0.3) is 11.4 Å². The number of hydrogen-bond acceptors (Lipinski definition) is 5. The van der Waals surface area contributed by atoms with Crippen LogP contribution < -0.4 is 9.47 Å². The quantitative estimate of drug-likeness (QED) is 0.691. The molecule has 1 aromatic heterocycles. The van der Waals surface area contributed by atoms with Gasteiger partial charge in [0.2, 0.25) is 5.82 Å². The highest BCUT2D eigenvalue weighted by atomic mass is 16.5. The van der Waals surface area contributed by atoms with Crippen molar-refractivity contribution in [3.63, 3.8) is 0 Å². The monoisotopic (exact) mass is 318 g/mol. The lowest BCUT2D eigenvalue weighted by Gasteiger charge is -2.02. The van der Waals surface area contributed by atoms with Crippen LogP contribution in [0.2, 0.25) is 0 Å². The summed E-state index contributed by atoms with van der Waals surface area (Å²) in [5.41, 5.74) is 2.89. The summed E-state index contributed by atoms with van der Waals surface area (Å²) in [4.78, 5) is 4.38. The standard InChI is InChI=1S/C19H14N2O3/c1-2-13-3-6-16(7-4-13)23-12-18-20-19(21-24-18)15-5-8-17-14(11-15)9-10-22-17/h1,3-8,11H,9-10,12H2. The number of rotatable bonds is 4. The van der Waals surface area contributed by atoms with Crippen LogP contribution >= 0.6 is 0 Å². The molecule has 0 atom stereocenters. The maximum absolute atomic E-state index is 5.63. The van der Waals surface area contributed by atoms with Crippen molar-refractivity contribution in [2.45, 2.75) is 13.0 Å². The van der Waals surface area contributed by atoms with Crippen molar-refractivity contribution in [3.05, 3.63) is 59.5 Å². The van der Waals surface area contributed by atoms with Gasteiger partial charge in [-0.05, 0) is 48.0 Å². The van der Waals surface area contributed by atoms with E-state index in [9.17, 15) is 0 Å². The van der Waals surface area contributed by atoms with Gasteiger partial charge in [0.25, 0.3) is 5.89 Å². The van der Waals surface area contributed by atoms with Gasteiger partial charge in [-0.1, -0.05) is 11.1 Å². The highest BCUT2D eigenvalue weighted by Crippen LogP contribution is 2.29. The van der Waals surface area contributed by atoms with Crippen LogP contribution in [0.15, 0.2) is 47.0 Å². The first-order valence-electron chi connectivity index (χ1n) is 7.60. The summed E-state index contributed by atoms with van der Waals surface area (Å²) < 4.78 is 16.4. The maximum atomic E-state index is 5.63. The molecule has 0 aliphatic carbocycles. The van der Waals surface area contributed by atoms with Crippen LogP contribution in [-0.2, 0) is 13.0 Å². The second-order valence-corrected chi connectivity index (χ2v) is 5.39. The molecule has 0 saturated heterocycles. The minimum absolute atomic E-state index is 0.205. The van der Waals surface area contributed by atoms with Gasteiger partial charge in [-0.3, -0.25) is 0 Å². The van der Waals surface area contributed by atoms with Gasteiger partial charge in [0, 0.05) is 17.5 Å². The van der Waals surface area contributed by atoms with E-state index in [0.717, 1.165) is 29.9 Å². The third-order valence-electron chi connectivity index (χ3n) is 3.80. The molecule has 5 nitrogen and oxygen atoms in total. The van der Waals surface area contributed by atoms with Crippen molar-refractivity contribution in [2.75, 3.05) is 6.61 Å². The second kappa shape index (κ2) is 6.09. The van der Waals surface area contributed by atoms with Crippen molar-refractivity contribution in [1.29, 1.82) is 0 Å². The fraction of sp³-hybridized carbons (Fsp3) is 0.158. The highest BCUT2D eigenvalue weighted by Gasteiger charge is 2.15. The molecule has 0 bridgehead atoms. The van der Waals surface area contributed by atoms with Gasteiger partial charge in [-0.2, -0.15) is 4.98 Å². The summed E-state index contributed by atoms with van der Waals surface area (Å²) in [6.07, 6.45) is 6.23. The number of hydrogen-bond donors (Lipinski definition) is 0. The molecule has 24 heavy (non-hydrogen) atoms. The van der Waals surface area contributed by atoms with Crippen molar-refractivity contribution in [1.82, 2.24) is 10.1 Å². The summed E-state index contributed by atoms with van der Waals surface area (Å²) >= 11 is 0. The molecule has 0 radical (unpaired) electrons. The molecular weight excluding hydrogens is 304 g/mol. The number of fused-ring (bicyclic) bond motifs is 1. The third-order valence-corrected chi connectivity index (χ3v) is 3.80. The molecule has 3 aromatic rings. The van der Waals surface area contributed by atoms with E-state index >= 15 is 0 Å². The molecule has 0 amide bonds. The predicted octanol–water partition coefficient (Wildman–Crippen LogP) is 3.23. The lowest BCUT2D eigenvalue weighted by atomic mass is 10.1. The maximum Gasteiger partial charge on any atom is 0.264 e. The van der Waals surface area contributed by atoms with Gasteiger partial charge < -0.3 is 14.0 Å². The van der Waals surface area contributed by atoms with Crippen LogP contribution in [0.1, 0.15) is 17.0 Å². The Balaban J connectivity index is 1.45. The van der Waals surface area contributed by atoms with Crippen LogP contribution in [0.3, 0.4) is 0 Å². The summed E-state index contributed by atoms with van der Waals surface area (Å²) in [6, 6.07) is 13.2. The van der Waals surface area contributed by atoms with E-state index in [-0.39, 0.29) is 6.61 Å². The fourth-order valence-electron chi connectivity index (χ4n) is 2.55. The molecule has 0 saturated carbocycles. The molecule has 2 aromatic carbocycles. The van der Waals surface area contributed by atoms with Gasteiger partial charge in [-0.25, -0.2) is 0 Å². The van der Waals surface area contributed by atoms with Crippen molar-refractivity contribution < 1.29 is 14.0 Å². The zero-order valence-corrected chi connectivity index (χ0v) is 12.9. The molecule has 5 heteroatoms. The molecule has 4 rings (SSSR count). The number of terminal acetylenes is 1. The Morgan fingerprint density at radius 3 is 2.88 bits per heavy atom. The van der Waals surface area contributed by atoms with E-state index in [0.29, 0.717) is 17.5 Å². The Morgan fingerprint density at radius 2 is 2.04 bits per heavy atom. The minimum atomic E-state index is 0.205. The van der Waals surface area contributed by atoms with Crippen molar-refractivity contribution >= 4 is 0 Å². The summed E-state index contributed by atoms with van der Waals surface area (Å²) in [6.45, 7) is 0.930. The fourth-order valence-corrected chi connectivity index (χ4v) is 2.55. The first kappa shape index (κ1) is 14.3. The minimum Gasteiger partial charge on any atom is -0.493 e. The van der Waals surface area contributed by atoms with Crippen molar-refractivity contribution in [2.24, 2.45) is 0 Å². The molecule has 118 valence electrons. The molecule has 1 aliphatic rings. The van der Waals surface area contributed by atoms with Gasteiger partial charge in [0.1, 0.15) is 11.5 Å². The Labute approximate surface area is 139 Å². The van der Waals surface area contributed by atoms with E-state index < -0.39 is 0 Å². The zero-order valence-electron chi connectivity index (χ0n) is 12.9. The van der Waals surface area contributed by atoms with E-state index in [2.05, 4.69) is 16.1 Å². The molecule has 1 aliphatic heterocycles. The number of ether oxygens (including phenoxy) is 2. The Morgan fingerprint density at radius 1 is 1.17 bits per heavy atom. The average molecular weight is 318 g/mol. The molecule has 0 spiro atoms. The van der Waals surface area contributed by atoms with Gasteiger partial charge in [0.15, 0.2) is 6.61 Å². The normalized spacial score (nSPS) is 12.3. The highest BCUT2D eigenvalue weighted by molar-refractivity contribution is 5.59. The molecule has 0 fully saturated rings. The number of nitrogens with zero attached hydrogens (tertiary/aromatic N) is 2. The average Bonchev–Trinajstić information content (AvgIpc) is 3.29. The van der Waals surface area contributed by atoms with E-state index in [1.165, 1.54) is 5.56 Å². The second-order valence-electron chi connectivity index (χ2n) is 5.39. The number of aromatic nitrogens is 2. The zero-order chi connectivity index (χ0) is 16.4. The van der Waals surface area contributed by atoms with Crippen LogP contribution in [0.4, 0.5) is 0 Å². The largest absolute Gasteiger partial charge is 0.493 e. The van der Waals surface area contributed by atoms with E-state index in [1.54, 1.807) is 0 Å². The van der Waals surface area contributed by atoms with Crippen LogP contribution in [-0.4, -0.2) is 16.7 Å². The van der Waals surface area contributed by atoms with Gasteiger partial charge in [-0.15, -0.1) is 6.42 Å². The SMILES string of the molecule is C#Cc1ccc(OCc2nc(-c3ccc4c(c3)CCO4)no2)cc1. The Bertz CT molecular complexity index is 907. The van der Waals surface area contributed by atoms with E-state index in [1.807, 2.05) is 42.5 Å². The summed E-state index contributed by atoms with van der Waals surface area (Å²) in [7, 11) is 0. The lowest BCUT2D eigenvalue weighted by molar-refractivity contribution is 0.243. The Hall–Kier alpha value is -3.26. The Kier molecular flexibility index (Phi) is 3.64. The first-order chi connectivity index (χ1) is 11.8. The molecular formula is C19H14N2O3. The summed E-state index contributed by atoms with van der Waals surface area (Å²) in [5, 5.41) is 4.02. The first-order valence-corrected chi connectivity index (χ1v) is 7.60. The van der Waals surface area contributed by atoms with Crippen molar-refractivity contribution in [3.8, 4) is 35.2 Å². The van der Waals surface area contributed by atoms with Gasteiger partial charge in [0.05, 0.1) is 6.61 Å². The third kappa shape index (κ3) is 2.82. The number of benzene rings is 2. The topological polar surface area (TPSA) is 57.4 Å². The van der Waals surface area contributed by atoms with Crippen LogP contribution in [0.5, 0.6) is 11.5 Å². The van der Waals surface area contributed by atoms with Crippen LogP contribution in [0, 0.1) is 12.3 Å². The summed E-state index contributed by atoms with van der Waals surface area (Å²) in [5.74, 6) is 5.16.